The Kier molecular flexibility index (Phi) is 4.35. The van der Waals surface area contributed by atoms with Crippen LogP contribution in [0.2, 0.25) is 0 Å². The number of rotatable bonds is 4. The molecule has 0 aliphatic heterocycles. The highest BCUT2D eigenvalue weighted by Gasteiger charge is 2.05. The second kappa shape index (κ2) is 6.39. The number of nitrogens with zero attached hydrogens (tertiary/aromatic N) is 2. The number of aryl methyl sites for hydroxylation is 1. The van der Waals surface area contributed by atoms with Gasteiger partial charge in [0.25, 0.3) is 0 Å². The van der Waals surface area contributed by atoms with Crippen molar-refractivity contribution < 1.29 is 9.94 Å². The molecule has 0 unspecified atom stereocenters. The molecule has 2 aromatic carbocycles. The molecule has 100 valence electrons. The van der Waals surface area contributed by atoms with Crippen LogP contribution in [0.3, 0.4) is 0 Å². The molecule has 0 atom stereocenters. The van der Waals surface area contributed by atoms with Gasteiger partial charge in [-0.05, 0) is 30.2 Å². The Morgan fingerprint density at radius 2 is 2.05 bits per heavy atom. The van der Waals surface area contributed by atoms with Gasteiger partial charge < -0.3 is 9.94 Å². The van der Waals surface area contributed by atoms with Crippen molar-refractivity contribution in [2.75, 3.05) is 0 Å². The van der Waals surface area contributed by atoms with Crippen molar-refractivity contribution in [1.82, 2.24) is 0 Å². The number of hydrogen-bond donors (Lipinski definition) is 1. The average Bonchev–Trinajstić information content (AvgIpc) is 2.48. The second-order valence-corrected chi connectivity index (χ2v) is 4.31. The number of nitriles is 1. The molecular weight excluding hydrogens is 252 g/mol. The SMILES string of the molecule is Cc1ccccc1OCc1cccc(/C(C#N)=N\O)c1. The topological polar surface area (TPSA) is 65.6 Å². The van der Waals surface area contributed by atoms with Crippen LogP contribution in [-0.4, -0.2) is 10.9 Å². The third-order valence-electron chi connectivity index (χ3n) is 2.89. The van der Waals surface area contributed by atoms with Gasteiger partial charge in [-0.1, -0.05) is 41.6 Å². The zero-order valence-electron chi connectivity index (χ0n) is 11.1. The van der Waals surface area contributed by atoms with Crippen molar-refractivity contribution in [2.45, 2.75) is 13.5 Å². The fourth-order valence-corrected chi connectivity index (χ4v) is 1.83. The van der Waals surface area contributed by atoms with E-state index in [1.165, 1.54) is 0 Å². The largest absolute Gasteiger partial charge is 0.489 e. The molecule has 0 radical (unpaired) electrons. The first kappa shape index (κ1) is 13.6. The molecule has 0 saturated heterocycles. The van der Waals surface area contributed by atoms with E-state index in [2.05, 4.69) is 5.16 Å². The summed E-state index contributed by atoms with van der Waals surface area (Å²) in [7, 11) is 0. The molecule has 2 rings (SSSR count). The summed E-state index contributed by atoms with van der Waals surface area (Å²) in [6.45, 7) is 2.38. The lowest BCUT2D eigenvalue weighted by molar-refractivity contribution is 0.304. The maximum atomic E-state index is 8.84. The van der Waals surface area contributed by atoms with Crippen LogP contribution >= 0.6 is 0 Å². The van der Waals surface area contributed by atoms with Gasteiger partial charge in [-0.15, -0.1) is 0 Å². The number of oxime groups is 1. The van der Waals surface area contributed by atoms with Gasteiger partial charge in [0.2, 0.25) is 0 Å². The van der Waals surface area contributed by atoms with Crippen LogP contribution in [0.5, 0.6) is 5.75 Å². The predicted molar refractivity (Wildman–Crippen MR) is 75.9 cm³/mol. The van der Waals surface area contributed by atoms with Gasteiger partial charge in [-0.2, -0.15) is 5.26 Å². The van der Waals surface area contributed by atoms with Gasteiger partial charge in [0.15, 0.2) is 5.71 Å². The normalized spacial score (nSPS) is 10.9. The first-order valence-corrected chi connectivity index (χ1v) is 6.14. The first-order chi connectivity index (χ1) is 9.74. The lowest BCUT2D eigenvalue weighted by Gasteiger charge is -2.09. The lowest BCUT2D eigenvalue weighted by Crippen LogP contribution is -2.01. The maximum Gasteiger partial charge on any atom is 0.186 e. The number of benzene rings is 2. The molecule has 0 aliphatic rings. The molecule has 4 nitrogen and oxygen atoms in total. The molecule has 20 heavy (non-hydrogen) atoms. The van der Waals surface area contributed by atoms with Crippen LogP contribution in [-0.2, 0) is 6.61 Å². The van der Waals surface area contributed by atoms with E-state index >= 15 is 0 Å². The highest BCUT2D eigenvalue weighted by Crippen LogP contribution is 2.18. The van der Waals surface area contributed by atoms with E-state index in [0.29, 0.717) is 12.2 Å². The summed E-state index contributed by atoms with van der Waals surface area (Å²) in [6.07, 6.45) is 0. The van der Waals surface area contributed by atoms with Crippen LogP contribution in [0.1, 0.15) is 16.7 Å². The lowest BCUT2D eigenvalue weighted by atomic mass is 10.1. The minimum Gasteiger partial charge on any atom is -0.489 e. The van der Waals surface area contributed by atoms with Crippen LogP contribution in [0, 0.1) is 18.3 Å². The predicted octanol–water partition coefficient (Wildman–Crippen LogP) is 3.28. The van der Waals surface area contributed by atoms with Crippen LogP contribution in [0.15, 0.2) is 53.7 Å². The Morgan fingerprint density at radius 1 is 1.25 bits per heavy atom. The molecule has 0 spiro atoms. The van der Waals surface area contributed by atoms with Crippen molar-refractivity contribution in [3.63, 3.8) is 0 Å². The van der Waals surface area contributed by atoms with E-state index < -0.39 is 0 Å². The Balaban J connectivity index is 2.14. The number of ether oxygens (including phenoxy) is 1. The van der Waals surface area contributed by atoms with Gasteiger partial charge >= 0.3 is 0 Å². The van der Waals surface area contributed by atoms with Crippen LogP contribution in [0.4, 0.5) is 0 Å². The molecule has 0 saturated carbocycles. The van der Waals surface area contributed by atoms with Crippen LogP contribution < -0.4 is 4.74 Å². The molecule has 1 N–H and O–H groups in total. The fourth-order valence-electron chi connectivity index (χ4n) is 1.83. The van der Waals surface area contributed by atoms with Crippen molar-refractivity contribution in [2.24, 2.45) is 5.16 Å². The summed E-state index contributed by atoms with van der Waals surface area (Å²) >= 11 is 0. The number of para-hydroxylation sites is 1. The summed E-state index contributed by atoms with van der Waals surface area (Å²) < 4.78 is 5.74. The summed E-state index contributed by atoms with van der Waals surface area (Å²) in [5.41, 5.74) is 2.53. The third-order valence-corrected chi connectivity index (χ3v) is 2.89. The van der Waals surface area contributed by atoms with Gasteiger partial charge in [-0.25, -0.2) is 0 Å². The Labute approximate surface area is 117 Å². The zero-order valence-corrected chi connectivity index (χ0v) is 11.1. The maximum absolute atomic E-state index is 8.84. The minimum atomic E-state index is -0.0114. The highest BCUT2D eigenvalue weighted by atomic mass is 16.5. The van der Waals surface area contributed by atoms with E-state index in [4.69, 9.17) is 15.2 Å². The summed E-state index contributed by atoms with van der Waals surface area (Å²) in [5, 5.41) is 20.6. The highest BCUT2D eigenvalue weighted by molar-refractivity contribution is 6.11. The van der Waals surface area contributed by atoms with E-state index in [0.717, 1.165) is 16.9 Å². The van der Waals surface area contributed by atoms with E-state index in [-0.39, 0.29) is 5.71 Å². The van der Waals surface area contributed by atoms with E-state index in [9.17, 15) is 0 Å². The molecule has 0 aromatic heterocycles. The molecule has 0 amide bonds. The van der Waals surface area contributed by atoms with Crippen molar-refractivity contribution >= 4 is 5.71 Å². The quantitative estimate of drug-likeness (QED) is 0.524. The monoisotopic (exact) mass is 266 g/mol. The minimum absolute atomic E-state index is 0.0114. The molecule has 0 bridgehead atoms. The Hall–Kier alpha value is -2.80. The van der Waals surface area contributed by atoms with Crippen LogP contribution in [0.25, 0.3) is 0 Å². The Bertz CT molecular complexity index is 672. The second-order valence-electron chi connectivity index (χ2n) is 4.31. The molecule has 0 fully saturated rings. The fraction of sp³-hybridized carbons (Fsp3) is 0.125. The summed E-state index contributed by atoms with van der Waals surface area (Å²) in [6, 6.07) is 16.8. The van der Waals surface area contributed by atoms with Gasteiger partial charge in [0.05, 0.1) is 0 Å². The smallest absolute Gasteiger partial charge is 0.186 e. The van der Waals surface area contributed by atoms with Crippen molar-refractivity contribution in [3.8, 4) is 11.8 Å². The average molecular weight is 266 g/mol. The number of hydrogen-bond acceptors (Lipinski definition) is 4. The van der Waals surface area contributed by atoms with Gasteiger partial charge in [0.1, 0.15) is 18.4 Å². The molecular formula is C16H14N2O2. The van der Waals surface area contributed by atoms with E-state index in [1.54, 1.807) is 18.2 Å². The summed E-state index contributed by atoms with van der Waals surface area (Å²) in [4.78, 5) is 0. The molecule has 0 aliphatic carbocycles. The molecule has 0 heterocycles. The molecule has 4 heteroatoms. The van der Waals surface area contributed by atoms with Crippen molar-refractivity contribution in [3.05, 3.63) is 65.2 Å². The van der Waals surface area contributed by atoms with Gasteiger partial charge in [-0.3, -0.25) is 0 Å². The third kappa shape index (κ3) is 3.15. The first-order valence-electron chi connectivity index (χ1n) is 6.14. The van der Waals surface area contributed by atoms with E-state index in [1.807, 2.05) is 43.3 Å². The van der Waals surface area contributed by atoms with Crippen molar-refractivity contribution in [1.29, 1.82) is 5.26 Å². The summed E-state index contributed by atoms with van der Waals surface area (Å²) in [5.74, 6) is 0.828. The van der Waals surface area contributed by atoms with Gasteiger partial charge in [0, 0.05) is 5.56 Å². The standard InChI is InChI=1S/C16H14N2O2/c1-12-5-2-3-8-16(12)20-11-13-6-4-7-14(9-13)15(10-17)18-19/h2-9,19H,11H2,1H3/b18-15-. The molecule has 2 aromatic rings. The Morgan fingerprint density at radius 3 is 2.75 bits per heavy atom. The zero-order chi connectivity index (χ0) is 14.4.